The molecule has 0 saturated heterocycles. The van der Waals surface area contributed by atoms with Crippen LogP contribution >= 0.6 is 0 Å². The van der Waals surface area contributed by atoms with Gasteiger partial charge in [-0.3, -0.25) is 0 Å². The predicted molar refractivity (Wildman–Crippen MR) is 238 cm³/mol. The molecule has 0 unspecified atom stereocenters. The fourth-order valence-corrected chi connectivity index (χ4v) is 6.88. The zero-order valence-corrected chi connectivity index (χ0v) is 30.2. The van der Waals surface area contributed by atoms with Crippen LogP contribution in [0.5, 0.6) is 0 Å². The molecule has 0 N–H and O–H groups in total. The maximum Gasteiger partial charge on any atom is 0.0645 e. The highest BCUT2D eigenvalue weighted by Crippen LogP contribution is 2.39. The van der Waals surface area contributed by atoms with Crippen molar-refractivity contribution in [3.8, 4) is 44.5 Å². The van der Waals surface area contributed by atoms with Gasteiger partial charge in [0.1, 0.15) is 0 Å². The number of hydrogen-bond donors (Lipinski definition) is 0. The third-order valence-corrected chi connectivity index (χ3v) is 9.67. The van der Waals surface area contributed by atoms with Crippen LogP contribution in [0, 0.1) is 0 Å². The molecule has 0 spiro atoms. The molecule has 2 heteroatoms. The third kappa shape index (κ3) is 7.37. The van der Waals surface area contributed by atoms with Crippen molar-refractivity contribution in [2.75, 3.05) is 9.80 Å². The summed E-state index contributed by atoms with van der Waals surface area (Å²) in [4.78, 5) is 3.39. The van der Waals surface area contributed by atoms with Gasteiger partial charge < -0.3 is 9.80 Å². The van der Waals surface area contributed by atoms with E-state index in [1.165, 1.54) is 0 Å². The lowest BCUT2D eigenvalue weighted by molar-refractivity contribution is 1.28. The van der Waals surface area contributed by atoms with Crippen molar-refractivity contribution in [3.05, 3.63) is 242 Å². The van der Waals surface area contributed by atoms with Gasteiger partial charge in [-0.2, -0.15) is 0 Å². The molecule has 0 aliphatic rings. The lowest BCUT2D eigenvalue weighted by atomic mass is 9.98. The van der Waals surface area contributed by atoms with E-state index in [-0.39, 0.29) is 35.5 Å². The highest BCUT2D eigenvalue weighted by molar-refractivity contribution is 5.82. The van der Waals surface area contributed by atoms with E-state index in [0.717, 1.165) is 44.5 Å². The molecule has 0 amide bonds. The Hall–Kier alpha value is -7.42. The molecule has 9 aromatic rings. The maximum atomic E-state index is 8.87. The van der Waals surface area contributed by atoms with Crippen molar-refractivity contribution in [3.63, 3.8) is 0 Å². The summed E-state index contributed by atoms with van der Waals surface area (Å²) in [5, 5.41) is 0. The first-order chi connectivity index (χ1) is 31.9. The first-order valence-corrected chi connectivity index (χ1v) is 18.3. The van der Waals surface area contributed by atoms with Gasteiger partial charge in [0.05, 0.1) is 13.7 Å². The molecule has 0 aliphatic carbocycles. The van der Waals surface area contributed by atoms with E-state index in [0.29, 0.717) is 22.7 Å². The largest absolute Gasteiger partial charge is 0.311 e. The first-order valence-electron chi connectivity index (χ1n) is 23.3. The van der Waals surface area contributed by atoms with Gasteiger partial charge >= 0.3 is 0 Å². The minimum Gasteiger partial charge on any atom is -0.311 e. The SMILES string of the molecule is [2H]c1c([2H])c([2H])c(N(c2ccc(-c3ccccc3)cc2)c2ccc(-c3cccc(-c4ccc(N(c5ccc(-c6ccccc6)cc5)c5c([2H])c([2H])c([2H])c([2H])c5[2H])cc4)c3)cc2)c([2H])c1[2H]. The van der Waals surface area contributed by atoms with E-state index in [1.54, 1.807) is 9.80 Å². The number of benzene rings is 9. The average molecular weight is 727 g/mol. The van der Waals surface area contributed by atoms with Crippen LogP contribution in [-0.4, -0.2) is 0 Å². The van der Waals surface area contributed by atoms with Gasteiger partial charge in [0, 0.05) is 34.1 Å². The third-order valence-electron chi connectivity index (χ3n) is 9.67. The van der Waals surface area contributed by atoms with Gasteiger partial charge in [0.2, 0.25) is 0 Å². The van der Waals surface area contributed by atoms with Gasteiger partial charge in [0.25, 0.3) is 0 Å². The normalized spacial score (nSPS) is 13.4. The number of para-hydroxylation sites is 2. The molecule has 0 saturated carbocycles. The summed E-state index contributed by atoms with van der Waals surface area (Å²) in [7, 11) is 0. The Morgan fingerprint density at radius 1 is 0.232 bits per heavy atom. The highest BCUT2D eigenvalue weighted by Gasteiger charge is 2.15. The van der Waals surface area contributed by atoms with Crippen LogP contribution in [0.3, 0.4) is 0 Å². The first kappa shape index (κ1) is 24.8. The van der Waals surface area contributed by atoms with Crippen molar-refractivity contribution in [1.82, 2.24) is 0 Å². The predicted octanol–water partition coefficient (Wildman–Crippen LogP) is 15.3. The number of nitrogens with zero attached hydrogens (tertiary/aromatic N) is 2. The van der Waals surface area contributed by atoms with Crippen molar-refractivity contribution in [2.24, 2.45) is 0 Å². The van der Waals surface area contributed by atoms with Gasteiger partial charge in [-0.05, 0) is 123 Å². The second-order valence-electron chi connectivity index (χ2n) is 13.1. The van der Waals surface area contributed by atoms with E-state index in [1.807, 2.05) is 176 Å². The fourth-order valence-electron chi connectivity index (χ4n) is 6.88. The Kier molecular flexibility index (Phi) is 7.04. The van der Waals surface area contributed by atoms with Crippen LogP contribution in [0.25, 0.3) is 44.5 Å². The zero-order chi connectivity index (χ0) is 46.2. The Morgan fingerprint density at radius 2 is 0.500 bits per heavy atom. The number of rotatable bonds is 10. The quantitative estimate of drug-likeness (QED) is 0.138. The summed E-state index contributed by atoms with van der Waals surface area (Å²) >= 11 is 0. The number of anilines is 6. The van der Waals surface area contributed by atoms with E-state index >= 15 is 0 Å². The summed E-state index contributed by atoms with van der Waals surface area (Å²) in [6, 6.07) is 54.7. The molecule has 56 heavy (non-hydrogen) atoms. The average Bonchev–Trinajstić information content (AvgIpc) is 3.37. The molecule has 0 aromatic heterocycles. The van der Waals surface area contributed by atoms with Crippen LogP contribution in [-0.2, 0) is 0 Å². The minimum absolute atomic E-state index is 0.0426. The van der Waals surface area contributed by atoms with Crippen molar-refractivity contribution in [2.45, 2.75) is 0 Å². The second-order valence-corrected chi connectivity index (χ2v) is 13.1. The second kappa shape index (κ2) is 15.9. The Labute approximate surface area is 343 Å². The lowest BCUT2D eigenvalue weighted by Gasteiger charge is -2.26. The molecule has 0 fully saturated rings. The molecule has 0 aliphatic heterocycles. The maximum absolute atomic E-state index is 8.87. The van der Waals surface area contributed by atoms with E-state index in [9.17, 15) is 0 Å². The molecule has 0 radical (unpaired) electrons. The summed E-state index contributed by atoms with van der Waals surface area (Å²) in [6.45, 7) is 0. The molecular weight excluding hydrogens is 677 g/mol. The van der Waals surface area contributed by atoms with Crippen LogP contribution < -0.4 is 9.80 Å². The van der Waals surface area contributed by atoms with Gasteiger partial charge in [0.15, 0.2) is 0 Å². The number of hydrogen-bond acceptors (Lipinski definition) is 2. The van der Waals surface area contributed by atoms with Crippen LogP contribution in [0.1, 0.15) is 13.7 Å². The smallest absolute Gasteiger partial charge is 0.0645 e. The van der Waals surface area contributed by atoms with Gasteiger partial charge in [-0.25, -0.2) is 0 Å². The molecule has 266 valence electrons. The van der Waals surface area contributed by atoms with Crippen molar-refractivity contribution >= 4 is 34.1 Å². The molecule has 9 aromatic carbocycles. The molecule has 2 nitrogen and oxygen atoms in total. The van der Waals surface area contributed by atoms with Crippen LogP contribution in [0.4, 0.5) is 34.1 Å². The van der Waals surface area contributed by atoms with Crippen LogP contribution in [0.15, 0.2) is 242 Å². The van der Waals surface area contributed by atoms with Gasteiger partial charge in [-0.15, -0.1) is 0 Å². The standard InChI is InChI=1S/C54H40N2/c1-5-14-41(15-6-1)43-24-32-51(33-25-43)55(49-20-9-3-10-21-49)53-36-28-45(29-37-53)47-18-13-19-48(40-47)46-30-38-54(39-31-46)56(50-22-11-4-12-23-50)52-34-26-44(27-35-52)42-16-7-2-8-17-42/h1-40H/i3D,4D,9D,10D,11D,12D,20D,21D,22D,23D. The molecular formula is C54H40N2. The summed E-state index contributed by atoms with van der Waals surface area (Å²) < 4.78 is 85.8. The minimum atomic E-state index is -0.460. The lowest BCUT2D eigenvalue weighted by Crippen LogP contribution is -2.09. The summed E-state index contributed by atoms with van der Waals surface area (Å²) in [6.07, 6.45) is 0. The molecule has 9 rings (SSSR count). The zero-order valence-electron chi connectivity index (χ0n) is 40.2. The van der Waals surface area contributed by atoms with E-state index in [4.69, 9.17) is 13.7 Å². The summed E-state index contributed by atoms with van der Waals surface area (Å²) in [5.41, 5.74) is 10.2. The van der Waals surface area contributed by atoms with Crippen LogP contribution in [0.2, 0.25) is 0 Å². The van der Waals surface area contributed by atoms with E-state index < -0.39 is 36.3 Å². The monoisotopic (exact) mass is 726 g/mol. The molecule has 0 heterocycles. The highest BCUT2D eigenvalue weighted by atomic mass is 15.1. The fraction of sp³-hybridized carbons (Fsp3) is 0. The molecule has 0 bridgehead atoms. The van der Waals surface area contributed by atoms with Gasteiger partial charge in [-0.1, -0.05) is 164 Å². The van der Waals surface area contributed by atoms with Crippen molar-refractivity contribution < 1.29 is 13.7 Å². The molecule has 0 atom stereocenters. The Morgan fingerprint density at radius 3 is 0.821 bits per heavy atom. The topological polar surface area (TPSA) is 6.48 Å². The Balaban J connectivity index is 1.05. The van der Waals surface area contributed by atoms with E-state index in [2.05, 4.69) is 6.07 Å². The van der Waals surface area contributed by atoms with Crippen molar-refractivity contribution in [1.29, 1.82) is 0 Å². The summed E-state index contributed by atoms with van der Waals surface area (Å²) in [5.74, 6) is 0. The Bertz CT molecular complexity index is 2950.